The number of amides is 2. The molecule has 0 aromatic heterocycles. The van der Waals surface area contributed by atoms with E-state index in [0.717, 1.165) is 0 Å². The first-order chi connectivity index (χ1) is 12.6. The summed E-state index contributed by atoms with van der Waals surface area (Å²) in [5, 5.41) is 5.46. The molecule has 0 aliphatic heterocycles. The quantitative estimate of drug-likeness (QED) is 0.757. The summed E-state index contributed by atoms with van der Waals surface area (Å²) in [5.41, 5.74) is 1.01. The van der Waals surface area contributed by atoms with E-state index >= 15 is 0 Å². The Kier molecular flexibility index (Phi) is 6.84. The fourth-order valence-corrected chi connectivity index (χ4v) is 2.35. The Labute approximate surface area is 152 Å². The Hall–Kier alpha value is -3.22. The number of nitrogens with one attached hydrogen (secondary N) is 2. The molecule has 0 spiro atoms. The summed E-state index contributed by atoms with van der Waals surface area (Å²) in [6.45, 7) is 0.204. The van der Waals surface area contributed by atoms with Crippen LogP contribution in [0.1, 0.15) is 16.8 Å². The molecule has 2 rings (SSSR count). The number of benzene rings is 2. The van der Waals surface area contributed by atoms with Crippen LogP contribution < -0.4 is 24.8 Å². The summed E-state index contributed by atoms with van der Waals surface area (Å²) in [6, 6.07) is 12.0. The standard InChI is InChI=1S/C19H22N2O5/c1-24-15-7-5-4-6-14(15)19(23)20-11-10-18(22)21-13-8-9-16(25-2)17(12-13)26-3/h4-9,12H,10-11H2,1-3H3,(H,20,23)(H,21,22). The summed E-state index contributed by atoms with van der Waals surface area (Å²) in [4.78, 5) is 24.2. The van der Waals surface area contributed by atoms with Crippen LogP contribution in [0.15, 0.2) is 42.5 Å². The zero-order chi connectivity index (χ0) is 18.9. The smallest absolute Gasteiger partial charge is 0.255 e. The van der Waals surface area contributed by atoms with E-state index in [4.69, 9.17) is 14.2 Å². The number of para-hydroxylation sites is 1. The number of methoxy groups -OCH3 is 3. The Bertz CT molecular complexity index is 776. The number of hydrogen-bond donors (Lipinski definition) is 2. The minimum absolute atomic E-state index is 0.134. The van der Waals surface area contributed by atoms with Gasteiger partial charge in [-0.3, -0.25) is 9.59 Å². The highest BCUT2D eigenvalue weighted by Crippen LogP contribution is 2.29. The molecule has 0 fully saturated rings. The number of ether oxygens (including phenoxy) is 3. The van der Waals surface area contributed by atoms with Crippen LogP contribution in [0.5, 0.6) is 17.2 Å². The van der Waals surface area contributed by atoms with Gasteiger partial charge in [0.15, 0.2) is 11.5 Å². The lowest BCUT2D eigenvalue weighted by Crippen LogP contribution is -2.28. The molecule has 0 saturated carbocycles. The van der Waals surface area contributed by atoms with Crippen molar-refractivity contribution < 1.29 is 23.8 Å². The molecule has 26 heavy (non-hydrogen) atoms. The summed E-state index contributed by atoms with van der Waals surface area (Å²) < 4.78 is 15.5. The molecule has 138 valence electrons. The lowest BCUT2D eigenvalue weighted by molar-refractivity contribution is -0.116. The van der Waals surface area contributed by atoms with E-state index in [1.165, 1.54) is 14.2 Å². The van der Waals surface area contributed by atoms with Crippen LogP contribution in [-0.4, -0.2) is 39.7 Å². The Balaban J connectivity index is 1.86. The predicted molar refractivity (Wildman–Crippen MR) is 98.1 cm³/mol. The average Bonchev–Trinajstić information content (AvgIpc) is 2.67. The summed E-state index contributed by atoms with van der Waals surface area (Å²) in [6.07, 6.45) is 0.134. The van der Waals surface area contributed by atoms with Gasteiger partial charge in [-0.05, 0) is 24.3 Å². The van der Waals surface area contributed by atoms with Crippen molar-refractivity contribution in [3.63, 3.8) is 0 Å². The molecule has 2 aromatic rings. The first-order valence-corrected chi connectivity index (χ1v) is 8.02. The SMILES string of the molecule is COc1ccc(NC(=O)CCNC(=O)c2ccccc2OC)cc1OC. The van der Waals surface area contributed by atoms with Gasteiger partial charge in [-0.15, -0.1) is 0 Å². The maximum absolute atomic E-state index is 12.2. The molecular weight excluding hydrogens is 336 g/mol. The van der Waals surface area contributed by atoms with Crippen molar-refractivity contribution in [3.05, 3.63) is 48.0 Å². The summed E-state index contributed by atoms with van der Waals surface area (Å²) in [7, 11) is 4.57. The third-order valence-electron chi connectivity index (χ3n) is 3.66. The van der Waals surface area contributed by atoms with E-state index in [0.29, 0.717) is 28.5 Å². The van der Waals surface area contributed by atoms with Gasteiger partial charge in [-0.1, -0.05) is 12.1 Å². The Morgan fingerprint density at radius 1 is 0.885 bits per heavy atom. The molecule has 2 N–H and O–H groups in total. The maximum Gasteiger partial charge on any atom is 0.255 e. The van der Waals surface area contributed by atoms with Crippen LogP contribution in [-0.2, 0) is 4.79 Å². The minimum Gasteiger partial charge on any atom is -0.496 e. The Morgan fingerprint density at radius 3 is 2.27 bits per heavy atom. The lowest BCUT2D eigenvalue weighted by atomic mass is 10.2. The van der Waals surface area contributed by atoms with Crippen LogP contribution in [0.25, 0.3) is 0 Å². The molecule has 2 aromatic carbocycles. The molecule has 0 bridgehead atoms. The number of carbonyl (C=O) groups is 2. The molecule has 2 amide bonds. The van der Waals surface area contributed by atoms with Crippen molar-refractivity contribution in [2.45, 2.75) is 6.42 Å². The molecular formula is C19H22N2O5. The first kappa shape index (κ1) is 19.1. The van der Waals surface area contributed by atoms with Gasteiger partial charge >= 0.3 is 0 Å². The fraction of sp³-hybridized carbons (Fsp3) is 0.263. The molecule has 0 aliphatic carbocycles. The lowest BCUT2D eigenvalue weighted by Gasteiger charge is -2.11. The average molecular weight is 358 g/mol. The van der Waals surface area contributed by atoms with Gasteiger partial charge in [0.2, 0.25) is 5.91 Å². The van der Waals surface area contributed by atoms with Gasteiger partial charge in [-0.2, -0.15) is 0 Å². The van der Waals surface area contributed by atoms with Gasteiger partial charge in [0, 0.05) is 24.7 Å². The predicted octanol–water partition coefficient (Wildman–Crippen LogP) is 2.47. The molecule has 0 radical (unpaired) electrons. The highest BCUT2D eigenvalue weighted by molar-refractivity contribution is 5.97. The molecule has 0 heterocycles. The number of anilines is 1. The molecule has 0 aliphatic rings. The van der Waals surface area contributed by atoms with Crippen LogP contribution in [0, 0.1) is 0 Å². The van der Waals surface area contributed by atoms with Crippen molar-refractivity contribution in [2.24, 2.45) is 0 Å². The second kappa shape index (κ2) is 9.31. The van der Waals surface area contributed by atoms with Crippen molar-refractivity contribution in [1.29, 1.82) is 0 Å². The van der Waals surface area contributed by atoms with Gasteiger partial charge in [0.1, 0.15) is 5.75 Å². The Morgan fingerprint density at radius 2 is 1.58 bits per heavy atom. The van der Waals surface area contributed by atoms with E-state index in [-0.39, 0.29) is 24.8 Å². The third kappa shape index (κ3) is 4.89. The van der Waals surface area contributed by atoms with Crippen LogP contribution >= 0.6 is 0 Å². The second-order valence-electron chi connectivity index (χ2n) is 5.32. The van der Waals surface area contributed by atoms with Crippen molar-refractivity contribution in [2.75, 3.05) is 33.2 Å². The number of hydrogen-bond acceptors (Lipinski definition) is 5. The zero-order valence-electron chi connectivity index (χ0n) is 15.0. The van der Waals surface area contributed by atoms with Crippen molar-refractivity contribution >= 4 is 17.5 Å². The van der Waals surface area contributed by atoms with E-state index < -0.39 is 0 Å². The van der Waals surface area contributed by atoms with Crippen molar-refractivity contribution in [1.82, 2.24) is 5.32 Å². The topological polar surface area (TPSA) is 85.9 Å². The van der Waals surface area contributed by atoms with E-state index in [1.54, 1.807) is 49.6 Å². The molecule has 7 heteroatoms. The maximum atomic E-state index is 12.2. The number of carbonyl (C=O) groups excluding carboxylic acids is 2. The molecule has 7 nitrogen and oxygen atoms in total. The van der Waals surface area contributed by atoms with Crippen LogP contribution in [0.3, 0.4) is 0 Å². The fourth-order valence-electron chi connectivity index (χ4n) is 2.35. The van der Waals surface area contributed by atoms with Crippen molar-refractivity contribution in [3.8, 4) is 17.2 Å². The minimum atomic E-state index is -0.290. The number of rotatable bonds is 8. The van der Waals surface area contributed by atoms with Gasteiger partial charge in [0.25, 0.3) is 5.91 Å². The van der Waals surface area contributed by atoms with E-state index in [1.807, 2.05) is 0 Å². The van der Waals surface area contributed by atoms with Crippen LogP contribution in [0.2, 0.25) is 0 Å². The van der Waals surface area contributed by atoms with E-state index in [2.05, 4.69) is 10.6 Å². The highest BCUT2D eigenvalue weighted by atomic mass is 16.5. The summed E-state index contributed by atoms with van der Waals surface area (Å²) in [5.74, 6) is 1.07. The molecule has 0 saturated heterocycles. The van der Waals surface area contributed by atoms with Gasteiger partial charge < -0.3 is 24.8 Å². The summed E-state index contributed by atoms with van der Waals surface area (Å²) >= 11 is 0. The largest absolute Gasteiger partial charge is 0.496 e. The van der Waals surface area contributed by atoms with Crippen LogP contribution in [0.4, 0.5) is 5.69 Å². The highest BCUT2D eigenvalue weighted by Gasteiger charge is 2.12. The van der Waals surface area contributed by atoms with Gasteiger partial charge in [0.05, 0.1) is 26.9 Å². The second-order valence-corrected chi connectivity index (χ2v) is 5.32. The monoisotopic (exact) mass is 358 g/mol. The van der Waals surface area contributed by atoms with E-state index in [9.17, 15) is 9.59 Å². The normalized spacial score (nSPS) is 9.96. The molecule has 0 unspecified atom stereocenters. The molecule has 0 atom stereocenters. The third-order valence-corrected chi connectivity index (χ3v) is 3.66. The zero-order valence-corrected chi connectivity index (χ0v) is 15.0. The first-order valence-electron chi connectivity index (χ1n) is 8.02. The van der Waals surface area contributed by atoms with Gasteiger partial charge in [-0.25, -0.2) is 0 Å².